The number of nitrogens with one attached hydrogen (secondary N) is 1. The van der Waals surface area contributed by atoms with Crippen molar-refractivity contribution in [2.75, 3.05) is 13.1 Å². The number of furan rings is 1. The average Bonchev–Trinajstić information content (AvgIpc) is 3.16. The Morgan fingerprint density at radius 1 is 1.00 bits per heavy atom. The number of rotatable bonds is 4. The van der Waals surface area contributed by atoms with Crippen molar-refractivity contribution in [1.82, 2.24) is 10.2 Å². The molecular formula is C18H18N2O5. The predicted octanol–water partition coefficient (Wildman–Crippen LogP) is 2.01. The third-order valence-electron chi connectivity index (χ3n) is 4.28. The van der Waals surface area contributed by atoms with Crippen LogP contribution in [0.4, 0.5) is 0 Å². The van der Waals surface area contributed by atoms with Crippen molar-refractivity contribution >= 4 is 17.8 Å². The summed E-state index contributed by atoms with van der Waals surface area (Å²) >= 11 is 0. The highest BCUT2D eigenvalue weighted by Crippen LogP contribution is 2.15. The first-order chi connectivity index (χ1) is 12.0. The van der Waals surface area contributed by atoms with Crippen molar-refractivity contribution in [1.29, 1.82) is 0 Å². The second-order valence-electron chi connectivity index (χ2n) is 5.93. The molecule has 1 fully saturated rings. The van der Waals surface area contributed by atoms with Crippen molar-refractivity contribution < 1.29 is 23.9 Å². The second-order valence-corrected chi connectivity index (χ2v) is 5.93. The minimum atomic E-state index is -1.03. The molecule has 1 aromatic carbocycles. The fraction of sp³-hybridized carbons (Fsp3) is 0.278. The molecule has 0 saturated carbocycles. The van der Waals surface area contributed by atoms with E-state index >= 15 is 0 Å². The van der Waals surface area contributed by atoms with Crippen LogP contribution in [0.3, 0.4) is 0 Å². The summed E-state index contributed by atoms with van der Waals surface area (Å²) in [6, 6.07) is 7.43. The Labute approximate surface area is 144 Å². The van der Waals surface area contributed by atoms with E-state index in [1.807, 2.05) is 0 Å². The van der Waals surface area contributed by atoms with Crippen LogP contribution < -0.4 is 5.32 Å². The summed E-state index contributed by atoms with van der Waals surface area (Å²) in [6.07, 6.45) is 4.23. The Hall–Kier alpha value is -3.09. The highest BCUT2D eigenvalue weighted by Gasteiger charge is 2.25. The molecule has 0 aliphatic carbocycles. The molecule has 0 atom stereocenters. The van der Waals surface area contributed by atoms with Crippen LogP contribution in [0.1, 0.15) is 43.9 Å². The van der Waals surface area contributed by atoms with Crippen molar-refractivity contribution in [3.8, 4) is 0 Å². The third kappa shape index (κ3) is 3.88. The van der Waals surface area contributed by atoms with E-state index in [1.54, 1.807) is 11.0 Å². The second kappa shape index (κ2) is 7.21. The lowest BCUT2D eigenvalue weighted by Crippen LogP contribution is -2.46. The van der Waals surface area contributed by atoms with Crippen LogP contribution in [-0.2, 0) is 0 Å². The monoisotopic (exact) mass is 342 g/mol. The van der Waals surface area contributed by atoms with Gasteiger partial charge in [0.15, 0.2) is 0 Å². The molecular weight excluding hydrogens is 324 g/mol. The summed E-state index contributed by atoms with van der Waals surface area (Å²) in [5.74, 6) is -1.33. The molecule has 1 aliphatic heterocycles. The van der Waals surface area contributed by atoms with Crippen LogP contribution in [0.15, 0.2) is 47.3 Å². The lowest BCUT2D eigenvalue weighted by atomic mass is 10.0. The van der Waals surface area contributed by atoms with Gasteiger partial charge in [-0.15, -0.1) is 0 Å². The van der Waals surface area contributed by atoms with Gasteiger partial charge in [0.2, 0.25) is 0 Å². The highest BCUT2D eigenvalue weighted by molar-refractivity contribution is 5.96. The van der Waals surface area contributed by atoms with Gasteiger partial charge in [-0.2, -0.15) is 0 Å². The third-order valence-corrected chi connectivity index (χ3v) is 4.28. The van der Waals surface area contributed by atoms with E-state index < -0.39 is 5.97 Å². The smallest absolute Gasteiger partial charge is 0.335 e. The number of hydrogen-bond donors (Lipinski definition) is 2. The Kier molecular flexibility index (Phi) is 4.83. The quantitative estimate of drug-likeness (QED) is 0.885. The molecule has 2 heterocycles. The molecule has 25 heavy (non-hydrogen) atoms. The molecule has 3 rings (SSSR count). The van der Waals surface area contributed by atoms with E-state index in [9.17, 15) is 14.4 Å². The van der Waals surface area contributed by atoms with Gasteiger partial charge in [-0.25, -0.2) is 4.79 Å². The molecule has 2 amide bonds. The standard InChI is InChI=1S/C18H18N2O5/c21-16(12-1-3-13(4-2-12)18(23)24)19-15-5-8-20(9-6-15)17(22)14-7-10-25-11-14/h1-4,7,10-11,15H,5-6,8-9H2,(H,19,21)(H,23,24). The molecule has 2 aromatic rings. The van der Waals surface area contributed by atoms with Crippen LogP contribution >= 0.6 is 0 Å². The van der Waals surface area contributed by atoms with Crippen molar-refractivity contribution in [3.63, 3.8) is 0 Å². The number of carbonyl (C=O) groups is 3. The first-order valence-electron chi connectivity index (χ1n) is 8.00. The molecule has 7 nitrogen and oxygen atoms in total. The molecule has 2 N–H and O–H groups in total. The number of likely N-dealkylation sites (tertiary alicyclic amines) is 1. The number of piperidine rings is 1. The number of carbonyl (C=O) groups excluding carboxylic acids is 2. The van der Waals surface area contributed by atoms with Gasteiger partial charge in [-0.05, 0) is 43.2 Å². The number of carboxylic acid groups (broad SMARTS) is 1. The van der Waals surface area contributed by atoms with E-state index in [-0.39, 0.29) is 23.4 Å². The Balaban J connectivity index is 1.52. The van der Waals surface area contributed by atoms with Crippen LogP contribution in [0.25, 0.3) is 0 Å². The molecule has 0 spiro atoms. The average molecular weight is 342 g/mol. The molecule has 1 saturated heterocycles. The fourth-order valence-electron chi connectivity index (χ4n) is 2.83. The lowest BCUT2D eigenvalue weighted by Gasteiger charge is -2.32. The first-order valence-corrected chi connectivity index (χ1v) is 8.00. The SMILES string of the molecule is O=C(O)c1ccc(C(=O)NC2CCN(C(=O)c3ccoc3)CC2)cc1. The molecule has 130 valence electrons. The van der Waals surface area contributed by atoms with Gasteiger partial charge in [0, 0.05) is 24.7 Å². The Morgan fingerprint density at radius 3 is 2.20 bits per heavy atom. The fourth-order valence-corrected chi connectivity index (χ4v) is 2.83. The van der Waals surface area contributed by atoms with Gasteiger partial charge in [-0.1, -0.05) is 0 Å². The Morgan fingerprint density at radius 2 is 1.64 bits per heavy atom. The van der Waals surface area contributed by atoms with Crippen LogP contribution in [0.2, 0.25) is 0 Å². The van der Waals surface area contributed by atoms with Gasteiger partial charge in [-0.3, -0.25) is 9.59 Å². The molecule has 0 unspecified atom stereocenters. The zero-order valence-corrected chi connectivity index (χ0v) is 13.5. The van der Waals surface area contributed by atoms with E-state index in [0.717, 1.165) is 0 Å². The van der Waals surface area contributed by atoms with Crippen LogP contribution in [0, 0.1) is 0 Å². The number of carboxylic acids is 1. The van der Waals surface area contributed by atoms with Crippen molar-refractivity contribution in [2.24, 2.45) is 0 Å². The topological polar surface area (TPSA) is 99.8 Å². The molecule has 0 bridgehead atoms. The van der Waals surface area contributed by atoms with E-state index in [2.05, 4.69) is 5.32 Å². The van der Waals surface area contributed by atoms with Gasteiger partial charge < -0.3 is 19.7 Å². The largest absolute Gasteiger partial charge is 0.478 e. The zero-order chi connectivity index (χ0) is 17.8. The summed E-state index contributed by atoms with van der Waals surface area (Å²) in [5.41, 5.74) is 1.09. The molecule has 7 heteroatoms. The first kappa shape index (κ1) is 16.8. The molecule has 1 aromatic heterocycles. The minimum absolute atomic E-state index is 0.0138. The highest BCUT2D eigenvalue weighted by atomic mass is 16.4. The van der Waals surface area contributed by atoms with Gasteiger partial charge in [0.25, 0.3) is 11.8 Å². The van der Waals surface area contributed by atoms with E-state index in [4.69, 9.17) is 9.52 Å². The lowest BCUT2D eigenvalue weighted by molar-refractivity contribution is 0.0684. The van der Waals surface area contributed by atoms with Gasteiger partial charge in [0.1, 0.15) is 6.26 Å². The maximum Gasteiger partial charge on any atom is 0.335 e. The minimum Gasteiger partial charge on any atom is -0.478 e. The summed E-state index contributed by atoms with van der Waals surface area (Å²) in [4.78, 5) is 37.1. The summed E-state index contributed by atoms with van der Waals surface area (Å²) in [7, 11) is 0. The summed E-state index contributed by atoms with van der Waals surface area (Å²) in [6.45, 7) is 1.12. The number of aromatic carboxylic acids is 1. The van der Waals surface area contributed by atoms with Crippen LogP contribution in [0.5, 0.6) is 0 Å². The summed E-state index contributed by atoms with van der Waals surface area (Å²) in [5, 5.41) is 11.8. The molecule has 0 radical (unpaired) electrons. The maximum atomic E-state index is 12.2. The van der Waals surface area contributed by atoms with Crippen LogP contribution in [-0.4, -0.2) is 46.9 Å². The maximum absolute atomic E-state index is 12.2. The van der Waals surface area contributed by atoms with Crippen molar-refractivity contribution in [3.05, 3.63) is 59.5 Å². The zero-order valence-electron chi connectivity index (χ0n) is 13.5. The van der Waals surface area contributed by atoms with Crippen molar-refractivity contribution in [2.45, 2.75) is 18.9 Å². The number of amides is 2. The van der Waals surface area contributed by atoms with Gasteiger partial charge in [0.05, 0.1) is 17.4 Å². The number of nitrogens with zero attached hydrogens (tertiary/aromatic N) is 1. The number of hydrogen-bond acceptors (Lipinski definition) is 4. The number of benzene rings is 1. The molecule has 1 aliphatic rings. The normalized spacial score (nSPS) is 15.0. The van der Waals surface area contributed by atoms with E-state index in [1.165, 1.54) is 36.8 Å². The van der Waals surface area contributed by atoms with E-state index in [0.29, 0.717) is 37.1 Å². The van der Waals surface area contributed by atoms with Gasteiger partial charge >= 0.3 is 5.97 Å². The predicted molar refractivity (Wildman–Crippen MR) is 88.5 cm³/mol. The Bertz CT molecular complexity index is 759. The summed E-state index contributed by atoms with van der Waals surface area (Å²) < 4.78 is 4.93.